The fourth-order valence-corrected chi connectivity index (χ4v) is 3.00. The Kier molecular flexibility index (Phi) is 4.80. The highest BCUT2D eigenvalue weighted by Gasteiger charge is 2.24. The number of aliphatic hydroxyl groups is 1. The summed E-state index contributed by atoms with van der Waals surface area (Å²) in [5, 5.41) is 18.9. The lowest BCUT2D eigenvalue weighted by Gasteiger charge is -2.21. The van der Waals surface area contributed by atoms with Crippen molar-refractivity contribution in [1.82, 2.24) is 0 Å². The maximum Gasteiger partial charge on any atom is 0.306 e. The van der Waals surface area contributed by atoms with Gasteiger partial charge in [-0.05, 0) is 29.7 Å². The summed E-state index contributed by atoms with van der Waals surface area (Å²) in [5.41, 5.74) is 1.82. The minimum absolute atomic E-state index is 0.273. The predicted octanol–water partition coefficient (Wildman–Crippen LogP) is 3.88. The van der Waals surface area contributed by atoms with Gasteiger partial charge in [0, 0.05) is 10.9 Å². The molecule has 3 nitrogen and oxygen atoms in total. The molecule has 1 unspecified atom stereocenters. The van der Waals surface area contributed by atoms with E-state index in [0.29, 0.717) is 6.42 Å². The quantitative estimate of drug-likeness (QED) is 0.861. The Labute approximate surface area is 132 Å². The number of rotatable bonds is 5. The molecule has 0 aliphatic heterocycles. The molecule has 0 amide bonds. The number of hydrogen-bond acceptors (Lipinski definition) is 2. The van der Waals surface area contributed by atoms with E-state index in [1.807, 2.05) is 48.5 Å². The average molecular weight is 349 g/mol. The summed E-state index contributed by atoms with van der Waals surface area (Å²) < 4.78 is 0.928. The molecule has 0 heterocycles. The van der Waals surface area contributed by atoms with Gasteiger partial charge in [0.1, 0.15) is 0 Å². The second-order valence-electron chi connectivity index (χ2n) is 5.42. The number of hydrogen-bond donors (Lipinski definition) is 2. The van der Waals surface area contributed by atoms with Crippen molar-refractivity contribution in [2.45, 2.75) is 25.4 Å². The third kappa shape index (κ3) is 4.41. The maximum absolute atomic E-state index is 10.7. The van der Waals surface area contributed by atoms with Crippen molar-refractivity contribution in [1.29, 1.82) is 0 Å². The van der Waals surface area contributed by atoms with E-state index in [1.165, 1.54) is 0 Å². The summed E-state index contributed by atoms with van der Waals surface area (Å²) in [7, 11) is 0. The average Bonchev–Trinajstić information content (AvgIpc) is 2.37. The Hall–Kier alpha value is -1.65. The first-order chi connectivity index (χ1) is 9.87. The molecule has 0 fully saturated rings. The van der Waals surface area contributed by atoms with Crippen LogP contribution in [0.3, 0.4) is 0 Å². The van der Waals surface area contributed by atoms with Gasteiger partial charge in [0.05, 0.1) is 12.0 Å². The van der Waals surface area contributed by atoms with Crippen LogP contribution >= 0.6 is 15.9 Å². The first-order valence-electron chi connectivity index (χ1n) is 6.65. The number of benzene rings is 2. The summed E-state index contributed by atoms with van der Waals surface area (Å²) in [6, 6.07) is 15.8. The molecule has 0 aliphatic rings. The monoisotopic (exact) mass is 348 g/mol. The van der Waals surface area contributed by atoms with Gasteiger partial charge in [0.25, 0.3) is 0 Å². The summed E-state index contributed by atoms with van der Waals surface area (Å²) in [6.45, 7) is 1.54. The van der Waals surface area contributed by atoms with Crippen molar-refractivity contribution in [3.63, 3.8) is 0 Å². The zero-order valence-corrected chi connectivity index (χ0v) is 13.3. The van der Waals surface area contributed by atoms with Crippen molar-refractivity contribution in [3.05, 3.63) is 58.6 Å². The Morgan fingerprint density at radius 2 is 1.86 bits per heavy atom. The number of aliphatic carboxylic acids is 1. The van der Waals surface area contributed by atoms with E-state index in [2.05, 4.69) is 15.9 Å². The van der Waals surface area contributed by atoms with Crippen LogP contribution in [0.1, 0.15) is 18.9 Å². The van der Waals surface area contributed by atoms with E-state index < -0.39 is 11.6 Å². The topological polar surface area (TPSA) is 57.5 Å². The van der Waals surface area contributed by atoms with Crippen LogP contribution in [0.2, 0.25) is 0 Å². The van der Waals surface area contributed by atoms with Crippen LogP contribution in [-0.4, -0.2) is 21.8 Å². The van der Waals surface area contributed by atoms with Gasteiger partial charge in [-0.15, -0.1) is 0 Å². The van der Waals surface area contributed by atoms with Crippen molar-refractivity contribution >= 4 is 21.9 Å². The molecule has 0 aliphatic carbocycles. The smallest absolute Gasteiger partial charge is 0.306 e. The van der Waals surface area contributed by atoms with E-state index in [9.17, 15) is 9.90 Å². The first-order valence-corrected chi connectivity index (χ1v) is 7.45. The third-order valence-electron chi connectivity index (χ3n) is 3.24. The lowest BCUT2D eigenvalue weighted by Crippen LogP contribution is -2.30. The van der Waals surface area contributed by atoms with Crippen LogP contribution in [0.15, 0.2) is 53.0 Å². The Bertz CT molecular complexity index is 636. The molecule has 2 aromatic carbocycles. The number of carbonyl (C=O) groups is 1. The van der Waals surface area contributed by atoms with Crippen LogP contribution in [0.4, 0.5) is 0 Å². The normalized spacial score (nSPS) is 13.7. The lowest BCUT2D eigenvalue weighted by molar-refractivity contribution is -0.141. The number of carboxylic acid groups (broad SMARTS) is 1. The molecule has 0 radical (unpaired) electrons. The summed E-state index contributed by atoms with van der Waals surface area (Å²) >= 11 is 3.54. The molecule has 2 rings (SSSR count). The van der Waals surface area contributed by atoms with Crippen molar-refractivity contribution in [3.8, 4) is 11.1 Å². The van der Waals surface area contributed by atoms with Crippen LogP contribution < -0.4 is 0 Å². The van der Waals surface area contributed by atoms with Gasteiger partial charge in [-0.3, -0.25) is 4.79 Å². The van der Waals surface area contributed by atoms with Gasteiger partial charge in [-0.25, -0.2) is 0 Å². The second kappa shape index (κ2) is 6.41. The van der Waals surface area contributed by atoms with Crippen molar-refractivity contribution < 1.29 is 15.0 Å². The highest BCUT2D eigenvalue weighted by Crippen LogP contribution is 2.30. The first kappa shape index (κ1) is 15.7. The van der Waals surface area contributed by atoms with Gasteiger partial charge in [-0.2, -0.15) is 0 Å². The minimum atomic E-state index is -1.25. The Balaban J connectivity index is 2.22. The van der Waals surface area contributed by atoms with Gasteiger partial charge in [-0.1, -0.05) is 58.4 Å². The zero-order chi connectivity index (χ0) is 15.5. The molecule has 2 aromatic rings. The van der Waals surface area contributed by atoms with Crippen LogP contribution in [-0.2, 0) is 11.2 Å². The molecule has 0 spiro atoms. The van der Waals surface area contributed by atoms with E-state index >= 15 is 0 Å². The van der Waals surface area contributed by atoms with Crippen molar-refractivity contribution in [2.75, 3.05) is 0 Å². The molecule has 4 heteroatoms. The van der Waals surface area contributed by atoms with Gasteiger partial charge in [0.15, 0.2) is 0 Å². The van der Waals surface area contributed by atoms with Gasteiger partial charge in [0.2, 0.25) is 0 Å². The van der Waals surface area contributed by atoms with E-state index in [0.717, 1.165) is 21.2 Å². The predicted molar refractivity (Wildman–Crippen MR) is 86.2 cm³/mol. The molecule has 0 saturated heterocycles. The largest absolute Gasteiger partial charge is 0.481 e. The number of carboxylic acids is 1. The molecular formula is C17H17BrO3. The zero-order valence-electron chi connectivity index (χ0n) is 11.7. The van der Waals surface area contributed by atoms with Crippen molar-refractivity contribution in [2.24, 2.45) is 0 Å². The third-order valence-corrected chi connectivity index (χ3v) is 3.89. The molecule has 0 saturated carbocycles. The lowest BCUT2D eigenvalue weighted by atomic mass is 9.92. The minimum Gasteiger partial charge on any atom is -0.481 e. The van der Waals surface area contributed by atoms with Crippen LogP contribution in [0, 0.1) is 0 Å². The standard InChI is InChI=1S/C17H17BrO3/c1-17(21,11-16(19)20)10-12-7-8-14(15(18)9-12)13-5-3-2-4-6-13/h2-9,21H,10-11H2,1H3,(H,19,20). The Morgan fingerprint density at radius 3 is 2.43 bits per heavy atom. The summed E-state index contributed by atoms with van der Waals surface area (Å²) in [4.78, 5) is 10.7. The molecule has 0 bridgehead atoms. The Morgan fingerprint density at radius 1 is 1.19 bits per heavy atom. The second-order valence-corrected chi connectivity index (χ2v) is 6.28. The molecule has 110 valence electrons. The maximum atomic E-state index is 10.7. The highest BCUT2D eigenvalue weighted by molar-refractivity contribution is 9.10. The molecular weight excluding hydrogens is 332 g/mol. The molecule has 1 atom stereocenters. The van der Waals surface area contributed by atoms with E-state index in [4.69, 9.17) is 5.11 Å². The SMILES string of the molecule is CC(O)(CC(=O)O)Cc1ccc(-c2ccccc2)c(Br)c1. The fraction of sp³-hybridized carbons (Fsp3) is 0.235. The number of halogens is 1. The highest BCUT2D eigenvalue weighted by atomic mass is 79.9. The summed E-state index contributed by atoms with van der Waals surface area (Å²) in [6.07, 6.45) is 0.0258. The fourth-order valence-electron chi connectivity index (χ4n) is 2.35. The van der Waals surface area contributed by atoms with E-state index in [1.54, 1.807) is 6.92 Å². The van der Waals surface area contributed by atoms with Gasteiger partial charge >= 0.3 is 5.97 Å². The summed E-state index contributed by atoms with van der Waals surface area (Å²) in [5.74, 6) is -1.00. The van der Waals surface area contributed by atoms with Gasteiger partial charge < -0.3 is 10.2 Å². The van der Waals surface area contributed by atoms with Crippen LogP contribution in [0.5, 0.6) is 0 Å². The van der Waals surface area contributed by atoms with Crippen LogP contribution in [0.25, 0.3) is 11.1 Å². The molecule has 2 N–H and O–H groups in total. The van der Waals surface area contributed by atoms with E-state index in [-0.39, 0.29) is 6.42 Å². The molecule has 0 aromatic heterocycles. The molecule has 21 heavy (non-hydrogen) atoms.